The highest BCUT2D eigenvalue weighted by Crippen LogP contribution is 2.51. The van der Waals surface area contributed by atoms with Gasteiger partial charge in [0.15, 0.2) is 0 Å². The van der Waals surface area contributed by atoms with Gasteiger partial charge in [0.1, 0.15) is 0 Å². The molecule has 2 saturated carbocycles. The summed E-state index contributed by atoms with van der Waals surface area (Å²) < 4.78 is 0. The Morgan fingerprint density at radius 3 is 2.61 bits per heavy atom. The smallest absolute Gasteiger partial charge is 0.0608 e. The molecule has 23 heavy (non-hydrogen) atoms. The number of aliphatic hydroxyl groups is 2. The van der Waals surface area contributed by atoms with Crippen LogP contribution in [0.2, 0.25) is 0 Å². The second-order valence-electron chi connectivity index (χ2n) is 7.48. The lowest BCUT2D eigenvalue weighted by atomic mass is 9.89. The van der Waals surface area contributed by atoms with Crippen LogP contribution in [0.5, 0.6) is 0 Å². The molecule has 1 aromatic carbocycles. The summed E-state index contributed by atoms with van der Waals surface area (Å²) in [6.07, 6.45) is 12.5. The van der Waals surface area contributed by atoms with Crippen molar-refractivity contribution in [3.8, 4) is 0 Å². The van der Waals surface area contributed by atoms with Gasteiger partial charge in [0.05, 0.1) is 6.10 Å². The molecule has 0 saturated heterocycles. The highest BCUT2D eigenvalue weighted by Gasteiger charge is 2.46. The number of benzene rings is 1. The van der Waals surface area contributed by atoms with Crippen LogP contribution in [0.25, 0.3) is 6.08 Å². The molecule has 1 aromatic rings. The van der Waals surface area contributed by atoms with Crippen molar-refractivity contribution in [1.29, 1.82) is 0 Å². The molecule has 126 valence electrons. The summed E-state index contributed by atoms with van der Waals surface area (Å²) in [5.74, 6) is 2.57. The lowest BCUT2D eigenvalue weighted by molar-refractivity contribution is 0.135. The number of rotatable bonds is 7. The number of hydrogen-bond acceptors (Lipinski definition) is 2. The lowest BCUT2D eigenvalue weighted by Crippen LogP contribution is -2.17. The fraction of sp³-hybridized carbons (Fsp3) is 0.619. The van der Waals surface area contributed by atoms with Crippen LogP contribution in [0.15, 0.2) is 36.4 Å². The topological polar surface area (TPSA) is 40.5 Å². The van der Waals surface area contributed by atoms with E-state index in [4.69, 9.17) is 5.11 Å². The Bertz CT molecular complexity index is 496. The van der Waals surface area contributed by atoms with Gasteiger partial charge in [0.25, 0.3) is 0 Å². The largest absolute Gasteiger partial charge is 0.396 e. The highest BCUT2D eigenvalue weighted by molar-refractivity contribution is 5.49. The van der Waals surface area contributed by atoms with Gasteiger partial charge in [-0.15, -0.1) is 0 Å². The van der Waals surface area contributed by atoms with Gasteiger partial charge in [-0.2, -0.15) is 0 Å². The Labute approximate surface area is 140 Å². The van der Waals surface area contributed by atoms with Crippen molar-refractivity contribution in [2.45, 2.75) is 51.0 Å². The summed E-state index contributed by atoms with van der Waals surface area (Å²) in [5.41, 5.74) is 1.22. The Morgan fingerprint density at radius 1 is 1.00 bits per heavy atom. The normalized spacial score (nSPS) is 33.4. The van der Waals surface area contributed by atoms with E-state index in [2.05, 4.69) is 36.4 Å². The molecule has 0 heterocycles. The second kappa shape index (κ2) is 8.12. The quantitative estimate of drug-likeness (QED) is 0.738. The first kappa shape index (κ1) is 16.7. The van der Waals surface area contributed by atoms with Gasteiger partial charge in [0.2, 0.25) is 0 Å². The Hall–Kier alpha value is -1.12. The maximum atomic E-state index is 10.4. The zero-order valence-corrected chi connectivity index (χ0v) is 14.0. The molecule has 3 rings (SSSR count). The molecule has 0 aliphatic heterocycles. The third-order valence-corrected chi connectivity index (χ3v) is 5.91. The maximum Gasteiger partial charge on any atom is 0.0608 e. The first-order chi connectivity index (χ1) is 11.3. The first-order valence-corrected chi connectivity index (χ1v) is 9.30. The first-order valence-electron chi connectivity index (χ1n) is 9.30. The van der Waals surface area contributed by atoms with E-state index >= 15 is 0 Å². The van der Waals surface area contributed by atoms with Gasteiger partial charge in [-0.25, -0.2) is 0 Å². The maximum absolute atomic E-state index is 10.4. The van der Waals surface area contributed by atoms with E-state index < -0.39 is 0 Å². The van der Waals surface area contributed by atoms with Crippen LogP contribution in [-0.2, 0) is 0 Å². The van der Waals surface area contributed by atoms with Crippen LogP contribution in [-0.4, -0.2) is 22.9 Å². The fourth-order valence-corrected chi connectivity index (χ4v) is 4.79. The average molecular weight is 314 g/mol. The summed E-state index contributed by atoms with van der Waals surface area (Å²) in [6.45, 7) is 0.328. The summed E-state index contributed by atoms with van der Waals surface area (Å²) >= 11 is 0. The summed E-state index contributed by atoms with van der Waals surface area (Å²) in [4.78, 5) is 0. The molecule has 0 spiro atoms. The Kier molecular flexibility index (Phi) is 5.91. The molecule has 3 unspecified atom stereocenters. The molecule has 2 fully saturated rings. The molecule has 0 bridgehead atoms. The molecule has 0 amide bonds. The highest BCUT2D eigenvalue weighted by atomic mass is 16.3. The van der Waals surface area contributed by atoms with Crippen molar-refractivity contribution in [2.24, 2.45) is 23.7 Å². The minimum absolute atomic E-state index is 0.152. The predicted molar refractivity (Wildman–Crippen MR) is 94.8 cm³/mol. The second-order valence-corrected chi connectivity index (χ2v) is 7.48. The van der Waals surface area contributed by atoms with Crippen molar-refractivity contribution < 1.29 is 10.2 Å². The van der Waals surface area contributed by atoms with Crippen molar-refractivity contribution in [3.05, 3.63) is 42.0 Å². The summed E-state index contributed by atoms with van der Waals surface area (Å²) in [7, 11) is 0. The van der Waals surface area contributed by atoms with E-state index in [1.54, 1.807) is 0 Å². The number of unbranched alkanes of at least 4 members (excludes halogenated alkanes) is 2. The monoisotopic (exact) mass is 314 g/mol. The molecular weight excluding hydrogens is 284 g/mol. The third-order valence-electron chi connectivity index (χ3n) is 5.91. The van der Waals surface area contributed by atoms with Gasteiger partial charge in [-0.05, 0) is 49.0 Å². The van der Waals surface area contributed by atoms with E-state index in [1.165, 1.54) is 31.2 Å². The standard InChI is InChI=1S/C21H30O2/c22-12-6-2-5-9-17-13-18-15-21(23)19(20(18)14-17)11-10-16-7-3-1-4-8-16/h1,3-4,7-8,10-11,17-23H,2,5-6,9,12-15H2/b11-10+/t17?,18?,19-,20?,21-/m1/s1. The van der Waals surface area contributed by atoms with E-state index in [0.717, 1.165) is 31.1 Å². The van der Waals surface area contributed by atoms with Gasteiger partial charge in [-0.1, -0.05) is 61.7 Å². The summed E-state index contributed by atoms with van der Waals surface area (Å²) in [6, 6.07) is 10.4. The molecule has 2 aliphatic rings. The third kappa shape index (κ3) is 4.24. The van der Waals surface area contributed by atoms with Crippen molar-refractivity contribution in [1.82, 2.24) is 0 Å². The van der Waals surface area contributed by atoms with Crippen molar-refractivity contribution in [2.75, 3.05) is 6.61 Å². The van der Waals surface area contributed by atoms with Crippen molar-refractivity contribution >= 4 is 6.08 Å². The summed E-state index contributed by atoms with van der Waals surface area (Å²) in [5, 5.41) is 19.3. The van der Waals surface area contributed by atoms with E-state index in [0.29, 0.717) is 18.4 Å². The Morgan fingerprint density at radius 2 is 1.83 bits per heavy atom. The number of aliphatic hydroxyl groups excluding tert-OH is 2. The van der Waals surface area contributed by atoms with E-state index in [1.807, 2.05) is 6.07 Å². The van der Waals surface area contributed by atoms with Crippen molar-refractivity contribution in [3.63, 3.8) is 0 Å². The van der Waals surface area contributed by atoms with Gasteiger partial charge >= 0.3 is 0 Å². The van der Waals surface area contributed by atoms with E-state index in [-0.39, 0.29) is 6.10 Å². The lowest BCUT2D eigenvalue weighted by Gasteiger charge is -2.18. The molecule has 2 N–H and O–H groups in total. The van der Waals surface area contributed by atoms with Crippen LogP contribution in [0.4, 0.5) is 0 Å². The van der Waals surface area contributed by atoms with Gasteiger partial charge in [0, 0.05) is 12.5 Å². The SMILES string of the molecule is OCCCCCC1CC2C[C@@H](O)[C@H](/C=C/c3ccccc3)C2C1. The average Bonchev–Trinajstić information content (AvgIpc) is 3.07. The fourth-order valence-electron chi connectivity index (χ4n) is 4.79. The van der Waals surface area contributed by atoms with E-state index in [9.17, 15) is 5.11 Å². The van der Waals surface area contributed by atoms with Crippen LogP contribution in [0.1, 0.15) is 50.5 Å². The minimum Gasteiger partial charge on any atom is -0.396 e. The molecular formula is C21H30O2. The predicted octanol–water partition coefficient (Wildman–Crippen LogP) is 4.28. The number of hydrogen-bond donors (Lipinski definition) is 2. The molecule has 0 radical (unpaired) electrons. The Balaban J connectivity index is 1.54. The molecule has 5 atom stereocenters. The minimum atomic E-state index is -0.152. The van der Waals surface area contributed by atoms with Gasteiger partial charge < -0.3 is 10.2 Å². The van der Waals surface area contributed by atoms with Crippen LogP contribution in [0.3, 0.4) is 0 Å². The molecule has 0 aromatic heterocycles. The molecule has 2 heteroatoms. The zero-order valence-electron chi connectivity index (χ0n) is 14.0. The molecule has 2 aliphatic carbocycles. The van der Waals surface area contributed by atoms with Gasteiger partial charge in [-0.3, -0.25) is 0 Å². The van der Waals surface area contributed by atoms with Crippen LogP contribution in [0, 0.1) is 23.7 Å². The molecule has 2 nitrogen and oxygen atoms in total. The van der Waals surface area contributed by atoms with Crippen LogP contribution < -0.4 is 0 Å². The zero-order chi connectivity index (χ0) is 16.1. The number of fused-ring (bicyclic) bond motifs is 1. The van der Waals surface area contributed by atoms with Crippen LogP contribution >= 0.6 is 0 Å².